The number of benzene rings is 1. The Morgan fingerprint density at radius 1 is 1.25 bits per heavy atom. The van der Waals surface area contributed by atoms with Crippen LogP contribution in [0.25, 0.3) is 6.08 Å². The minimum atomic E-state index is 0.702. The van der Waals surface area contributed by atoms with Gasteiger partial charge in [-0.2, -0.15) is 5.26 Å². The maximum atomic E-state index is 9.14. The molecule has 1 aliphatic heterocycles. The van der Waals surface area contributed by atoms with Crippen LogP contribution in [0.2, 0.25) is 0 Å². The van der Waals surface area contributed by atoms with Gasteiger partial charge in [0.1, 0.15) is 11.8 Å². The summed E-state index contributed by atoms with van der Waals surface area (Å²) in [5, 5.41) is 9.14. The third kappa shape index (κ3) is 2.62. The SMILES string of the molecule is N#C/C(=C\c1ccccc1)N1CCOCC1. The molecule has 0 spiro atoms. The van der Waals surface area contributed by atoms with Crippen LogP contribution in [0, 0.1) is 11.3 Å². The fourth-order valence-corrected chi connectivity index (χ4v) is 1.71. The molecule has 0 aromatic heterocycles. The van der Waals surface area contributed by atoms with Gasteiger partial charge < -0.3 is 9.64 Å². The first-order chi connectivity index (χ1) is 7.90. The highest BCUT2D eigenvalue weighted by atomic mass is 16.5. The molecule has 0 radical (unpaired) electrons. The van der Waals surface area contributed by atoms with E-state index in [2.05, 4.69) is 11.0 Å². The lowest BCUT2D eigenvalue weighted by atomic mass is 10.2. The van der Waals surface area contributed by atoms with Crippen molar-refractivity contribution in [2.24, 2.45) is 0 Å². The normalized spacial score (nSPS) is 16.9. The standard InChI is InChI=1S/C13H14N2O/c14-11-13(15-6-8-16-9-7-15)10-12-4-2-1-3-5-12/h1-5,10H,6-9H2/b13-10+. The quantitative estimate of drug-likeness (QED) is 0.705. The van der Waals surface area contributed by atoms with E-state index in [1.807, 2.05) is 36.4 Å². The molecule has 1 fully saturated rings. The van der Waals surface area contributed by atoms with E-state index in [0.717, 1.165) is 24.4 Å². The van der Waals surface area contributed by atoms with Crippen LogP contribution in [0.4, 0.5) is 0 Å². The van der Waals surface area contributed by atoms with E-state index in [9.17, 15) is 0 Å². The maximum absolute atomic E-state index is 9.14. The number of ether oxygens (including phenoxy) is 1. The molecule has 1 heterocycles. The van der Waals surface area contributed by atoms with Gasteiger partial charge >= 0.3 is 0 Å². The molecule has 0 atom stereocenters. The first-order valence-corrected chi connectivity index (χ1v) is 5.40. The van der Waals surface area contributed by atoms with Crippen LogP contribution < -0.4 is 0 Å². The molecule has 0 bridgehead atoms. The maximum Gasteiger partial charge on any atom is 0.117 e. The fraction of sp³-hybridized carbons (Fsp3) is 0.308. The van der Waals surface area contributed by atoms with Crippen LogP contribution in [0.5, 0.6) is 0 Å². The largest absolute Gasteiger partial charge is 0.378 e. The summed E-state index contributed by atoms with van der Waals surface area (Å²) in [6.07, 6.45) is 1.92. The monoisotopic (exact) mass is 214 g/mol. The molecule has 0 unspecified atom stereocenters. The molecule has 3 heteroatoms. The second kappa shape index (κ2) is 5.34. The van der Waals surface area contributed by atoms with E-state index in [1.165, 1.54) is 0 Å². The Balaban J connectivity index is 2.16. The average molecular weight is 214 g/mol. The highest BCUT2D eigenvalue weighted by Gasteiger charge is 2.12. The van der Waals surface area contributed by atoms with Crippen molar-refractivity contribution in [2.45, 2.75) is 0 Å². The zero-order valence-electron chi connectivity index (χ0n) is 9.10. The molecule has 0 amide bonds. The van der Waals surface area contributed by atoms with Crippen LogP contribution in [-0.4, -0.2) is 31.2 Å². The van der Waals surface area contributed by atoms with E-state index in [1.54, 1.807) is 0 Å². The number of rotatable bonds is 2. The van der Waals surface area contributed by atoms with Gasteiger partial charge in [-0.15, -0.1) is 0 Å². The van der Waals surface area contributed by atoms with Gasteiger partial charge in [0.15, 0.2) is 0 Å². The molecule has 0 aliphatic carbocycles. The summed E-state index contributed by atoms with van der Waals surface area (Å²) in [5.41, 5.74) is 1.78. The Labute approximate surface area is 95.6 Å². The Hall–Kier alpha value is -1.79. The third-order valence-corrected chi connectivity index (χ3v) is 2.57. The van der Waals surface area contributed by atoms with Crippen molar-refractivity contribution in [3.05, 3.63) is 41.6 Å². The Morgan fingerprint density at radius 2 is 1.94 bits per heavy atom. The number of morpholine rings is 1. The van der Waals surface area contributed by atoms with Crippen molar-refractivity contribution >= 4 is 6.08 Å². The van der Waals surface area contributed by atoms with Gasteiger partial charge in [0.2, 0.25) is 0 Å². The molecular weight excluding hydrogens is 200 g/mol. The van der Waals surface area contributed by atoms with Crippen LogP contribution in [0.15, 0.2) is 36.0 Å². The van der Waals surface area contributed by atoms with Crippen molar-refractivity contribution in [1.29, 1.82) is 5.26 Å². The van der Waals surface area contributed by atoms with Gasteiger partial charge in [0.25, 0.3) is 0 Å². The highest BCUT2D eigenvalue weighted by Crippen LogP contribution is 2.11. The Morgan fingerprint density at radius 3 is 2.56 bits per heavy atom. The first kappa shape index (κ1) is 10.7. The van der Waals surface area contributed by atoms with Crippen molar-refractivity contribution in [1.82, 2.24) is 4.90 Å². The number of nitriles is 1. The van der Waals surface area contributed by atoms with Crippen molar-refractivity contribution in [2.75, 3.05) is 26.3 Å². The van der Waals surface area contributed by atoms with Gasteiger partial charge in [-0.25, -0.2) is 0 Å². The molecule has 16 heavy (non-hydrogen) atoms. The molecular formula is C13H14N2O. The molecule has 0 saturated carbocycles. The van der Waals surface area contributed by atoms with Gasteiger partial charge in [-0.1, -0.05) is 30.3 Å². The molecule has 3 nitrogen and oxygen atoms in total. The Bertz CT molecular complexity index is 400. The number of nitrogens with zero attached hydrogens (tertiary/aromatic N) is 2. The van der Waals surface area contributed by atoms with E-state index in [4.69, 9.17) is 10.00 Å². The summed E-state index contributed by atoms with van der Waals surface area (Å²) in [4.78, 5) is 2.07. The van der Waals surface area contributed by atoms with E-state index >= 15 is 0 Å². The lowest BCUT2D eigenvalue weighted by Gasteiger charge is -2.27. The summed E-state index contributed by atoms with van der Waals surface area (Å²) in [5.74, 6) is 0. The van der Waals surface area contributed by atoms with Crippen molar-refractivity contribution < 1.29 is 4.74 Å². The van der Waals surface area contributed by atoms with E-state index < -0.39 is 0 Å². The molecule has 0 N–H and O–H groups in total. The topological polar surface area (TPSA) is 36.3 Å². The summed E-state index contributed by atoms with van der Waals surface area (Å²) in [6.45, 7) is 3.00. The summed E-state index contributed by atoms with van der Waals surface area (Å²) >= 11 is 0. The second-order valence-corrected chi connectivity index (χ2v) is 3.65. The van der Waals surface area contributed by atoms with Crippen LogP contribution in [0.1, 0.15) is 5.56 Å². The second-order valence-electron chi connectivity index (χ2n) is 3.65. The molecule has 2 rings (SSSR count). The van der Waals surface area contributed by atoms with Gasteiger partial charge in [-0.3, -0.25) is 0 Å². The molecule has 1 saturated heterocycles. The predicted octanol–water partition coefficient (Wildman–Crippen LogP) is 1.88. The summed E-state index contributed by atoms with van der Waals surface area (Å²) in [6, 6.07) is 12.2. The minimum absolute atomic E-state index is 0.702. The molecule has 1 aromatic rings. The average Bonchev–Trinajstić information content (AvgIpc) is 2.38. The number of allylic oxidation sites excluding steroid dienone is 1. The van der Waals surface area contributed by atoms with Gasteiger partial charge in [0.05, 0.1) is 13.2 Å². The summed E-state index contributed by atoms with van der Waals surface area (Å²) in [7, 11) is 0. The zero-order valence-corrected chi connectivity index (χ0v) is 9.10. The molecule has 1 aliphatic rings. The van der Waals surface area contributed by atoms with Crippen molar-refractivity contribution in [3.8, 4) is 6.07 Å². The van der Waals surface area contributed by atoms with E-state index in [-0.39, 0.29) is 0 Å². The van der Waals surface area contributed by atoms with E-state index in [0.29, 0.717) is 13.2 Å². The van der Waals surface area contributed by atoms with Gasteiger partial charge in [0, 0.05) is 13.1 Å². The van der Waals surface area contributed by atoms with Crippen LogP contribution >= 0.6 is 0 Å². The number of hydrogen-bond acceptors (Lipinski definition) is 3. The molecule has 82 valence electrons. The lowest BCUT2D eigenvalue weighted by molar-refractivity contribution is 0.0562. The predicted molar refractivity (Wildman–Crippen MR) is 62.4 cm³/mol. The minimum Gasteiger partial charge on any atom is -0.378 e. The molecule has 1 aromatic carbocycles. The third-order valence-electron chi connectivity index (χ3n) is 2.57. The number of hydrogen-bond donors (Lipinski definition) is 0. The highest BCUT2D eigenvalue weighted by molar-refractivity contribution is 5.56. The zero-order chi connectivity index (χ0) is 11.2. The Kier molecular flexibility index (Phi) is 3.58. The van der Waals surface area contributed by atoms with Crippen LogP contribution in [-0.2, 0) is 4.74 Å². The lowest BCUT2D eigenvalue weighted by Crippen LogP contribution is -2.35. The summed E-state index contributed by atoms with van der Waals surface area (Å²) < 4.78 is 5.27. The van der Waals surface area contributed by atoms with Crippen LogP contribution in [0.3, 0.4) is 0 Å². The fourth-order valence-electron chi connectivity index (χ4n) is 1.71. The smallest absolute Gasteiger partial charge is 0.117 e. The first-order valence-electron chi connectivity index (χ1n) is 5.40. The van der Waals surface area contributed by atoms with Crippen molar-refractivity contribution in [3.63, 3.8) is 0 Å². The van der Waals surface area contributed by atoms with Gasteiger partial charge in [-0.05, 0) is 11.6 Å².